The second-order valence-electron chi connectivity index (χ2n) is 5.49. The second kappa shape index (κ2) is 9.26. The van der Waals surface area contributed by atoms with E-state index in [1.54, 1.807) is 0 Å². The predicted molar refractivity (Wildman–Crippen MR) is 91.7 cm³/mol. The fourth-order valence-electron chi connectivity index (χ4n) is 2.38. The summed E-state index contributed by atoms with van der Waals surface area (Å²) in [5, 5.41) is 3.23. The van der Waals surface area contributed by atoms with E-state index in [1.165, 1.54) is 11.4 Å². The predicted octanol–water partition coefficient (Wildman–Crippen LogP) is -0.229. The first-order valence-electron chi connectivity index (χ1n) is 7.69. The van der Waals surface area contributed by atoms with Gasteiger partial charge < -0.3 is 22.0 Å². The lowest BCUT2D eigenvalue weighted by molar-refractivity contribution is -0.663. The van der Waals surface area contributed by atoms with E-state index in [1.807, 2.05) is 37.4 Å². The van der Waals surface area contributed by atoms with Gasteiger partial charge in [0.2, 0.25) is 0 Å². The van der Waals surface area contributed by atoms with Crippen molar-refractivity contribution in [3.63, 3.8) is 0 Å². The number of pyridine rings is 1. The standard InChI is InChI=1S/C18H25N3O.ClH/c1-15-13-16(14-18(19-2)21(15)4)20(3)11-8-12-22-17-9-6-5-7-10-17;/h5-7,9-10,13-14H,8,11-12H2,1-4H3;1H. The molecule has 0 aliphatic rings. The summed E-state index contributed by atoms with van der Waals surface area (Å²) in [6.07, 6.45) is 0.986. The monoisotopic (exact) mass is 335 g/mol. The van der Waals surface area contributed by atoms with Gasteiger partial charge in [-0.25, -0.2) is 4.57 Å². The van der Waals surface area contributed by atoms with Gasteiger partial charge in [0.15, 0.2) is 0 Å². The molecule has 1 N–H and O–H groups in total. The molecule has 0 fully saturated rings. The Bertz CT molecular complexity index is 605. The molecule has 0 unspecified atom stereocenters. The highest BCUT2D eigenvalue weighted by Gasteiger charge is 2.11. The van der Waals surface area contributed by atoms with Crippen LogP contribution in [0.5, 0.6) is 5.75 Å². The van der Waals surface area contributed by atoms with Gasteiger partial charge in [-0.1, -0.05) is 18.2 Å². The van der Waals surface area contributed by atoms with Gasteiger partial charge in [-0.2, -0.15) is 0 Å². The number of halogens is 1. The number of para-hydroxylation sites is 1. The number of hydrogen-bond donors (Lipinski definition) is 1. The molecule has 1 aromatic carbocycles. The maximum atomic E-state index is 5.74. The highest BCUT2D eigenvalue weighted by Crippen LogP contribution is 2.17. The minimum absolute atomic E-state index is 0. The van der Waals surface area contributed by atoms with Crippen LogP contribution in [-0.2, 0) is 7.05 Å². The molecule has 0 radical (unpaired) electrons. The van der Waals surface area contributed by atoms with E-state index in [2.05, 4.69) is 47.9 Å². The fraction of sp³-hybridized carbons (Fsp3) is 0.389. The summed E-state index contributed by atoms with van der Waals surface area (Å²) in [5.41, 5.74) is 2.45. The third-order valence-electron chi connectivity index (χ3n) is 3.88. The Kier molecular flexibility index (Phi) is 7.69. The van der Waals surface area contributed by atoms with Crippen molar-refractivity contribution in [2.75, 3.05) is 37.5 Å². The minimum atomic E-state index is 0. The van der Waals surface area contributed by atoms with Crippen LogP contribution in [0.1, 0.15) is 12.1 Å². The van der Waals surface area contributed by atoms with Crippen molar-refractivity contribution in [2.45, 2.75) is 13.3 Å². The minimum Gasteiger partial charge on any atom is -1.00 e. The summed E-state index contributed by atoms with van der Waals surface area (Å²) in [6.45, 7) is 3.81. The van der Waals surface area contributed by atoms with Crippen LogP contribution in [0.4, 0.5) is 11.5 Å². The fourth-order valence-corrected chi connectivity index (χ4v) is 2.38. The molecule has 0 saturated heterocycles. The second-order valence-corrected chi connectivity index (χ2v) is 5.49. The summed E-state index contributed by atoms with van der Waals surface area (Å²) >= 11 is 0. The van der Waals surface area contributed by atoms with E-state index in [0.29, 0.717) is 0 Å². The van der Waals surface area contributed by atoms with Gasteiger partial charge in [0.05, 0.1) is 26.8 Å². The summed E-state index contributed by atoms with van der Waals surface area (Å²) in [5.74, 6) is 2.05. The normalized spacial score (nSPS) is 9.91. The van der Waals surface area contributed by atoms with Gasteiger partial charge >= 0.3 is 0 Å². The van der Waals surface area contributed by atoms with Crippen LogP contribution in [0.25, 0.3) is 0 Å². The zero-order chi connectivity index (χ0) is 15.9. The molecule has 0 aliphatic carbocycles. The van der Waals surface area contributed by atoms with Crippen molar-refractivity contribution in [1.82, 2.24) is 0 Å². The lowest BCUT2D eigenvalue weighted by Crippen LogP contribution is -3.00. The average molecular weight is 336 g/mol. The molecule has 2 aromatic rings. The molecule has 5 heteroatoms. The highest BCUT2D eigenvalue weighted by atomic mass is 35.5. The smallest absolute Gasteiger partial charge is 0.276 e. The summed E-state index contributed by atoms with van der Waals surface area (Å²) in [4.78, 5) is 2.27. The van der Waals surface area contributed by atoms with Crippen molar-refractivity contribution < 1.29 is 21.7 Å². The Morgan fingerprint density at radius 3 is 2.52 bits per heavy atom. The van der Waals surface area contributed by atoms with Crippen molar-refractivity contribution >= 4 is 11.5 Å². The molecule has 0 aliphatic heterocycles. The number of ether oxygens (including phenoxy) is 1. The molecular formula is C18H26ClN3O. The van der Waals surface area contributed by atoms with Gasteiger partial charge in [-0.05, 0) is 25.5 Å². The number of anilines is 2. The number of aryl methyl sites for hydroxylation is 1. The molecule has 0 amide bonds. The molecule has 0 saturated carbocycles. The molecule has 1 heterocycles. The third kappa shape index (κ3) is 5.32. The van der Waals surface area contributed by atoms with E-state index in [0.717, 1.165) is 31.1 Å². The largest absolute Gasteiger partial charge is 1.00 e. The molecule has 0 spiro atoms. The molecule has 0 bridgehead atoms. The van der Waals surface area contributed by atoms with Crippen LogP contribution in [0, 0.1) is 6.92 Å². The maximum absolute atomic E-state index is 5.74. The molecule has 126 valence electrons. The van der Waals surface area contributed by atoms with Crippen LogP contribution in [-0.4, -0.2) is 27.2 Å². The Morgan fingerprint density at radius 1 is 1.17 bits per heavy atom. The maximum Gasteiger partial charge on any atom is 0.276 e. The number of benzene rings is 1. The van der Waals surface area contributed by atoms with Crippen LogP contribution >= 0.6 is 0 Å². The lowest BCUT2D eigenvalue weighted by Gasteiger charge is -2.20. The van der Waals surface area contributed by atoms with Crippen molar-refractivity contribution in [2.24, 2.45) is 7.05 Å². The van der Waals surface area contributed by atoms with Crippen LogP contribution in [0.2, 0.25) is 0 Å². The Balaban J connectivity index is 0.00000264. The van der Waals surface area contributed by atoms with Gasteiger partial charge in [0.25, 0.3) is 5.82 Å². The van der Waals surface area contributed by atoms with Crippen molar-refractivity contribution in [1.29, 1.82) is 0 Å². The van der Waals surface area contributed by atoms with E-state index >= 15 is 0 Å². The summed E-state index contributed by atoms with van der Waals surface area (Å²) in [7, 11) is 6.14. The van der Waals surface area contributed by atoms with E-state index < -0.39 is 0 Å². The van der Waals surface area contributed by atoms with Gasteiger partial charge in [0.1, 0.15) is 11.4 Å². The Labute approximate surface area is 145 Å². The number of hydrogen-bond acceptors (Lipinski definition) is 3. The molecular weight excluding hydrogens is 310 g/mol. The Hall–Kier alpha value is -1.94. The van der Waals surface area contributed by atoms with E-state index in [4.69, 9.17) is 4.74 Å². The average Bonchev–Trinajstić information content (AvgIpc) is 2.54. The highest BCUT2D eigenvalue weighted by molar-refractivity contribution is 5.51. The number of nitrogens with one attached hydrogen (secondary N) is 1. The molecule has 1 aromatic heterocycles. The first-order chi connectivity index (χ1) is 10.6. The summed E-state index contributed by atoms with van der Waals surface area (Å²) < 4.78 is 7.89. The van der Waals surface area contributed by atoms with Crippen LogP contribution in [0.15, 0.2) is 42.5 Å². The SMILES string of the molecule is CNc1cc(N(C)CCCOc2ccccc2)cc(C)[n+]1C.[Cl-]. The van der Waals surface area contributed by atoms with Gasteiger partial charge in [-0.15, -0.1) is 0 Å². The number of nitrogens with zero attached hydrogens (tertiary/aromatic N) is 2. The van der Waals surface area contributed by atoms with Gasteiger partial charge in [-0.3, -0.25) is 5.32 Å². The third-order valence-corrected chi connectivity index (χ3v) is 3.88. The molecule has 23 heavy (non-hydrogen) atoms. The van der Waals surface area contributed by atoms with Crippen molar-refractivity contribution in [3.05, 3.63) is 48.2 Å². The van der Waals surface area contributed by atoms with Crippen molar-refractivity contribution in [3.8, 4) is 5.75 Å². The van der Waals surface area contributed by atoms with E-state index in [9.17, 15) is 0 Å². The first-order valence-corrected chi connectivity index (χ1v) is 7.69. The molecule has 2 rings (SSSR count). The topological polar surface area (TPSA) is 28.4 Å². The van der Waals surface area contributed by atoms with Crippen LogP contribution in [0.3, 0.4) is 0 Å². The quantitative estimate of drug-likeness (QED) is 0.560. The number of aromatic nitrogens is 1. The summed E-state index contributed by atoms with van der Waals surface area (Å²) in [6, 6.07) is 14.3. The van der Waals surface area contributed by atoms with E-state index in [-0.39, 0.29) is 12.4 Å². The number of rotatable bonds is 7. The lowest BCUT2D eigenvalue weighted by atomic mass is 10.2. The first kappa shape index (κ1) is 19.1. The molecule has 4 nitrogen and oxygen atoms in total. The Morgan fingerprint density at radius 2 is 1.87 bits per heavy atom. The van der Waals surface area contributed by atoms with Crippen LogP contribution < -0.4 is 31.9 Å². The zero-order valence-electron chi connectivity index (χ0n) is 14.3. The molecule has 0 atom stereocenters. The van der Waals surface area contributed by atoms with Gasteiger partial charge in [0, 0.05) is 25.3 Å². The zero-order valence-corrected chi connectivity index (χ0v) is 15.1.